The second-order valence-electron chi connectivity index (χ2n) is 8.27. The van der Waals surface area contributed by atoms with Crippen molar-refractivity contribution in [2.24, 2.45) is 5.14 Å². The van der Waals surface area contributed by atoms with Crippen molar-refractivity contribution in [1.29, 1.82) is 0 Å². The number of hydrogen-bond donors (Lipinski definition) is 1. The van der Waals surface area contributed by atoms with Crippen LogP contribution in [0.1, 0.15) is 5.69 Å². The molecule has 3 aromatic rings. The third-order valence-electron chi connectivity index (χ3n) is 6.19. The summed E-state index contributed by atoms with van der Waals surface area (Å²) in [7, 11) is -1.82. The molecular formula is C18H20F3N9O2S. The van der Waals surface area contributed by atoms with E-state index in [1.807, 2.05) is 11.9 Å². The first-order valence-electron chi connectivity index (χ1n) is 9.95. The van der Waals surface area contributed by atoms with Gasteiger partial charge in [0.25, 0.3) is 10.2 Å². The van der Waals surface area contributed by atoms with Gasteiger partial charge in [-0.15, -0.1) is 0 Å². The van der Waals surface area contributed by atoms with E-state index in [1.54, 1.807) is 6.07 Å². The number of nitrogens with two attached hydrogens (primary N) is 1. The van der Waals surface area contributed by atoms with Gasteiger partial charge in [0, 0.05) is 38.8 Å². The van der Waals surface area contributed by atoms with Gasteiger partial charge in [0.1, 0.15) is 17.8 Å². The number of rotatable bonds is 3. The molecule has 11 nitrogen and oxygen atoms in total. The molecule has 2 fully saturated rings. The largest absolute Gasteiger partial charge is 0.435 e. The molecule has 176 valence electrons. The monoisotopic (exact) mass is 483 g/mol. The zero-order valence-electron chi connectivity index (χ0n) is 17.4. The van der Waals surface area contributed by atoms with Crippen LogP contribution in [0.3, 0.4) is 0 Å². The molecule has 1 spiro atoms. The summed E-state index contributed by atoms with van der Waals surface area (Å²) in [6.45, 7) is 2.36. The molecule has 0 radical (unpaired) electrons. The van der Waals surface area contributed by atoms with Gasteiger partial charge in [-0.2, -0.15) is 31.0 Å². The van der Waals surface area contributed by atoms with Crippen molar-refractivity contribution in [3.8, 4) is 11.4 Å². The van der Waals surface area contributed by atoms with Gasteiger partial charge < -0.3 is 4.90 Å². The van der Waals surface area contributed by atoms with Crippen LogP contribution in [0, 0.1) is 0 Å². The van der Waals surface area contributed by atoms with Crippen molar-refractivity contribution >= 4 is 21.7 Å². The van der Waals surface area contributed by atoms with Crippen molar-refractivity contribution in [2.45, 2.75) is 11.7 Å². The molecule has 0 unspecified atom stereocenters. The van der Waals surface area contributed by atoms with E-state index in [-0.39, 0.29) is 18.7 Å². The summed E-state index contributed by atoms with van der Waals surface area (Å²) >= 11 is 0. The third kappa shape index (κ3) is 3.80. The lowest BCUT2D eigenvalue weighted by Gasteiger charge is -2.58. The van der Waals surface area contributed by atoms with Crippen LogP contribution >= 0.6 is 0 Å². The molecule has 2 N–H and O–H groups in total. The third-order valence-corrected chi connectivity index (χ3v) is 7.17. The molecule has 5 heterocycles. The maximum Gasteiger partial charge on any atom is 0.435 e. The summed E-state index contributed by atoms with van der Waals surface area (Å²) in [6, 6.07) is 3.80. The number of anilines is 1. The van der Waals surface area contributed by atoms with E-state index in [0.29, 0.717) is 36.8 Å². The van der Waals surface area contributed by atoms with Crippen LogP contribution in [0.5, 0.6) is 0 Å². The summed E-state index contributed by atoms with van der Waals surface area (Å²) in [5.74, 6) is 0.573. The van der Waals surface area contributed by atoms with Crippen molar-refractivity contribution in [1.82, 2.24) is 33.8 Å². The molecule has 0 aromatic carbocycles. The van der Waals surface area contributed by atoms with E-state index in [1.165, 1.54) is 22.9 Å². The van der Waals surface area contributed by atoms with E-state index in [9.17, 15) is 21.6 Å². The Morgan fingerprint density at radius 2 is 1.85 bits per heavy atom. The summed E-state index contributed by atoms with van der Waals surface area (Å²) in [4.78, 5) is 16.8. The smallest absolute Gasteiger partial charge is 0.353 e. The number of imidazole rings is 1. The van der Waals surface area contributed by atoms with Gasteiger partial charge in [-0.25, -0.2) is 24.6 Å². The van der Waals surface area contributed by atoms with Crippen molar-refractivity contribution in [3.63, 3.8) is 0 Å². The summed E-state index contributed by atoms with van der Waals surface area (Å²) in [5.41, 5.74) is -0.509. The number of nitrogens with zero attached hydrogens (tertiary/aromatic N) is 8. The number of halogens is 3. The lowest BCUT2D eigenvalue weighted by Crippen LogP contribution is -2.77. The Morgan fingerprint density at radius 1 is 1.09 bits per heavy atom. The Hall–Kier alpha value is -2.88. The molecule has 2 aliphatic rings. The molecule has 3 aromatic heterocycles. The second-order valence-corrected chi connectivity index (χ2v) is 9.82. The number of aromatic nitrogens is 5. The number of hydrogen-bond acceptors (Lipinski definition) is 8. The van der Waals surface area contributed by atoms with Crippen molar-refractivity contribution < 1.29 is 21.6 Å². The Balaban J connectivity index is 1.45. The predicted octanol–water partition coefficient (Wildman–Crippen LogP) is 0.215. The highest BCUT2D eigenvalue weighted by molar-refractivity contribution is 7.86. The van der Waals surface area contributed by atoms with Crippen LogP contribution < -0.4 is 10.0 Å². The van der Waals surface area contributed by atoms with E-state index in [4.69, 9.17) is 5.14 Å². The van der Waals surface area contributed by atoms with Gasteiger partial charge >= 0.3 is 6.18 Å². The summed E-state index contributed by atoms with van der Waals surface area (Å²) in [6.07, 6.45) is -1.84. The standard InChI is InChI=1S/C18H20F3N9O2S/c1-27-4-5-28(8-17(27)9-29(10-17)33(22,31)32)16-6-12(24-11-25-16)13-7-23-15-3-2-14(18(19,20)21)26-30(13)15/h2-3,6-7,11H,4-5,8-10H2,1H3,(H2,22,31,32). The minimum atomic E-state index is -4.59. The van der Waals surface area contributed by atoms with E-state index < -0.39 is 27.6 Å². The normalized spacial score (nSPS) is 19.8. The highest BCUT2D eigenvalue weighted by Gasteiger charge is 2.52. The molecular weight excluding hydrogens is 463 g/mol. The van der Waals surface area contributed by atoms with E-state index in [2.05, 4.69) is 25.0 Å². The molecule has 15 heteroatoms. The zero-order valence-corrected chi connectivity index (χ0v) is 18.3. The van der Waals surface area contributed by atoms with Crippen LogP contribution in [0.2, 0.25) is 0 Å². The van der Waals surface area contributed by atoms with Gasteiger partial charge in [-0.3, -0.25) is 4.90 Å². The molecule has 0 amide bonds. The highest BCUT2D eigenvalue weighted by atomic mass is 32.2. The molecule has 33 heavy (non-hydrogen) atoms. The Kier molecular flexibility index (Phi) is 4.86. The maximum absolute atomic E-state index is 13.1. The first-order chi connectivity index (χ1) is 15.5. The molecule has 0 bridgehead atoms. The Bertz CT molecular complexity index is 1320. The van der Waals surface area contributed by atoms with Crippen LogP contribution in [-0.2, 0) is 16.4 Å². The van der Waals surface area contributed by atoms with E-state index >= 15 is 0 Å². The number of alkyl halides is 3. The van der Waals surface area contributed by atoms with Gasteiger partial charge in [-0.05, 0) is 19.2 Å². The predicted molar refractivity (Wildman–Crippen MR) is 111 cm³/mol. The maximum atomic E-state index is 13.1. The van der Waals surface area contributed by atoms with Gasteiger partial charge in [-0.1, -0.05) is 0 Å². The fraction of sp³-hybridized carbons (Fsp3) is 0.444. The molecule has 5 rings (SSSR count). The average molecular weight is 483 g/mol. The SMILES string of the molecule is CN1CCN(c2cc(-c3cnc4ccc(C(F)(F)F)nn34)ncn2)CC12CN(S(N)(=O)=O)C2. The summed E-state index contributed by atoms with van der Waals surface area (Å²) < 4.78 is 65.0. The Labute approximate surface area is 186 Å². The van der Waals surface area contributed by atoms with E-state index in [0.717, 1.165) is 10.6 Å². The van der Waals surface area contributed by atoms with Gasteiger partial charge in [0.2, 0.25) is 0 Å². The molecule has 0 aliphatic carbocycles. The fourth-order valence-corrected chi connectivity index (χ4v) is 5.09. The summed E-state index contributed by atoms with van der Waals surface area (Å²) in [5, 5.41) is 8.93. The second kappa shape index (κ2) is 7.31. The first-order valence-corrected chi connectivity index (χ1v) is 11.5. The topological polar surface area (TPSA) is 126 Å². The van der Waals surface area contributed by atoms with Crippen LogP contribution in [0.25, 0.3) is 17.0 Å². The molecule has 2 aliphatic heterocycles. The fourth-order valence-electron chi connectivity index (χ4n) is 4.25. The van der Waals surface area contributed by atoms with Crippen molar-refractivity contribution in [3.05, 3.63) is 36.4 Å². The van der Waals surface area contributed by atoms with Crippen LogP contribution in [0.15, 0.2) is 30.7 Å². The van der Waals surface area contributed by atoms with Crippen molar-refractivity contribution in [2.75, 3.05) is 44.7 Å². The average Bonchev–Trinajstić information content (AvgIpc) is 3.14. The molecule has 2 saturated heterocycles. The quantitative estimate of drug-likeness (QED) is 0.561. The lowest BCUT2D eigenvalue weighted by atomic mass is 9.87. The molecule has 0 saturated carbocycles. The van der Waals surface area contributed by atoms with Crippen LogP contribution in [0.4, 0.5) is 19.0 Å². The highest BCUT2D eigenvalue weighted by Crippen LogP contribution is 2.34. The zero-order chi connectivity index (χ0) is 23.6. The van der Waals surface area contributed by atoms with Gasteiger partial charge in [0.15, 0.2) is 11.3 Å². The number of fused-ring (bicyclic) bond motifs is 1. The minimum absolute atomic E-state index is 0.259. The lowest BCUT2D eigenvalue weighted by molar-refractivity contribution is -0.141. The number of likely N-dealkylation sites (N-methyl/N-ethyl adjacent to an activating group) is 1. The van der Waals surface area contributed by atoms with Gasteiger partial charge in [0.05, 0.1) is 17.4 Å². The van der Waals surface area contributed by atoms with Crippen LogP contribution in [-0.4, -0.2) is 87.5 Å². The Morgan fingerprint density at radius 3 is 2.55 bits per heavy atom. The first kappa shape index (κ1) is 21.9. The number of piperazine rings is 1. The molecule has 0 atom stereocenters. The minimum Gasteiger partial charge on any atom is -0.353 e.